The lowest BCUT2D eigenvalue weighted by Gasteiger charge is -2.31. The van der Waals surface area contributed by atoms with E-state index >= 15 is 0 Å². The van der Waals surface area contributed by atoms with Crippen molar-refractivity contribution in [1.29, 1.82) is 0 Å². The summed E-state index contributed by atoms with van der Waals surface area (Å²) in [5.41, 5.74) is 0.234. The van der Waals surface area contributed by atoms with Gasteiger partial charge >= 0.3 is 0 Å². The van der Waals surface area contributed by atoms with Crippen LogP contribution in [0.2, 0.25) is 0 Å². The van der Waals surface area contributed by atoms with E-state index < -0.39 is 17.7 Å². The van der Waals surface area contributed by atoms with E-state index in [1.165, 1.54) is 6.07 Å². The fraction of sp³-hybridized carbons (Fsp3) is 0.600. The van der Waals surface area contributed by atoms with Gasteiger partial charge in [-0.2, -0.15) is 0 Å². The van der Waals surface area contributed by atoms with E-state index in [2.05, 4.69) is 9.80 Å². The second-order valence-corrected chi connectivity index (χ2v) is 5.67. The predicted molar refractivity (Wildman–Crippen MR) is 74.6 cm³/mol. The third-order valence-corrected chi connectivity index (χ3v) is 4.00. The van der Waals surface area contributed by atoms with Gasteiger partial charge in [0.1, 0.15) is 11.6 Å². The maximum absolute atomic E-state index is 13.6. The first-order valence-electron chi connectivity index (χ1n) is 6.98. The van der Waals surface area contributed by atoms with E-state index in [9.17, 15) is 13.9 Å². The fourth-order valence-corrected chi connectivity index (χ4v) is 2.78. The lowest BCUT2D eigenvalue weighted by Crippen LogP contribution is -2.47. The van der Waals surface area contributed by atoms with Crippen LogP contribution in [0.1, 0.15) is 12.0 Å². The molecule has 0 aliphatic carbocycles. The van der Waals surface area contributed by atoms with Crippen molar-refractivity contribution in [2.24, 2.45) is 0 Å². The van der Waals surface area contributed by atoms with Crippen molar-refractivity contribution in [3.8, 4) is 0 Å². The Kier molecular flexibility index (Phi) is 5.07. The van der Waals surface area contributed by atoms with Gasteiger partial charge < -0.3 is 10.0 Å². The largest absolute Gasteiger partial charge is 0.391 e. The van der Waals surface area contributed by atoms with E-state index in [-0.39, 0.29) is 18.0 Å². The summed E-state index contributed by atoms with van der Waals surface area (Å²) in [6.07, 6.45) is 0.466. The zero-order valence-corrected chi connectivity index (χ0v) is 12.0. The molecule has 1 aliphatic heterocycles. The van der Waals surface area contributed by atoms with Crippen molar-refractivity contribution in [2.75, 3.05) is 33.7 Å². The number of hydrogen-bond donors (Lipinski definition) is 1. The summed E-state index contributed by atoms with van der Waals surface area (Å²) in [5, 5.41) is 10.4. The molecule has 0 amide bonds. The Morgan fingerprint density at radius 1 is 1.30 bits per heavy atom. The number of nitrogens with zero attached hydrogens (tertiary/aromatic N) is 2. The average Bonchev–Trinajstić information content (AvgIpc) is 2.55. The molecule has 1 N–H and O–H groups in total. The van der Waals surface area contributed by atoms with Crippen molar-refractivity contribution in [3.05, 3.63) is 35.4 Å². The summed E-state index contributed by atoms with van der Waals surface area (Å²) in [6.45, 7) is 2.62. The Morgan fingerprint density at radius 2 is 2.05 bits per heavy atom. The Balaban J connectivity index is 2.09. The smallest absolute Gasteiger partial charge is 0.126 e. The minimum Gasteiger partial charge on any atom is -0.391 e. The van der Waals surface area contributed by atoms with Crippen LogP contribution >= 0.6 is 0 Å². The molecule has 3 nitrogen and oxygen atoms in total. The predicted octanol–water partition coefficient (Wildman–Crippen LogP) is 1.50. The normalized spacial score (nSPS) is 23.6. The minimum absolute atomic E-state index is 0.0647. The van der Waals surface area contributed by atoms with Gasteiger partial charge in [0.2, 0.25) is 0 Å². The van der Waals surface area contributed by atoms with Crippen molar-refractivity contribution in [2.45, 2.75) is 25.0 Å². The van der Waals surface area contributed by atoms with Crippen LogP contribution in [-0.2, 0) is 6.42 Å². The average molecular weight is 284 g/mol. The maximum atomic E-state index is 13.6. The standard InChI is InChI=1S/C15H22F2N2O/c1-18-6-3-7-19(2)14(10-18)15(20)9-11-8-12(16)4-5-13(11)17/h4-5,8,14-15,20H,3,6-7,9-10H2,1-2H3. The Bertz CT molecular complexity index is 455. The lowest BCUT2D eigenvalue weighted by molar-refractivity contribution is 0.0575. The number of benzene rings is 1. The topological polar surface area (TPSA) is 26.7 Å². The molecule has 5 heteroatoms. The van der Waals surface area contributed by atoms with Gasteiger partial charge in [-0.1, -0.05) is 0 Å². The summed E-state index contributed by atoms with van der Waals surface area (Å²) in [7, 11) is 3.98. The molecule has 0 radical (unpaired) electrons. The summed E-state index contributed by atoms with van der Waals surface area (Å²) in [5.74, 6) is -0.935. The second-order valence-electron chi connectivity index (χ2n) is 5.67. The first-order chi connectivity index (χ1) is 9.47. The minimum atomic E-state index is -0.711. The third kappa shape index (κ3) is 3.75. The number of rotatable bonds is 3. The molecule has 20 heavy (non-hydrogen) atoms. The summed E-state index contributed by atoms with van der Waals surface area (Å²) >= 11 is 0. The molecular formula is C15H22F2N2O. The van der Waals surface area contributed by atoms with Gasteiger partial charge in [-0.05, 0) is 57.4 Å². The monoisotopic (exact) mass is 284 g/mol. The first kappa shape index (κ1) is 15.4. The van der Waals surface area contributed by atoms with Crippen LogP contribution in [0.15, 0.2) is 18.2 Å². The molecule has 1 heterocycles. The highest BCUT2D eigenvalue weighted by Crippen LogP contribution is 2.17. The molecule has 112 valence electrons. The number of likely N-dealkylation sites (N-methyl/N-ethyl adjacent to an activating group) is 2. The van der Waals surface area contributed by atoms with Crippen molar-refractivity contribution in [1.82, 2.24) is 9.80 Å². The van der Waals surface area contributed by atoms with Crippen molar-refractivity contribution < 1.29 is 13.9 Å². The van der Waals surface area contributed by atoms with Crippen LogP contribution in [0.4, 0.5) is 8.78 Å². The van der Waals surface area contributed by atoms with Gasteiger partial charge in [-0.3, -0.25) is 4.90 Å². The highest BCUT2D eigenvalue weighted by Gasteiger charge is 2.27. The molecule has 2 unspecified atom stereocenters. The van der Waals surface area contributed by atoms with Gasteiger partial charge in [0, 0.05) is 19.0 Å². The molecule has 2 rings (SSSR count). The molecule has 0 spiro atoms. The second kappa shape index (κ2) is 6.61. The van der Waals surface area contributed by atoms with E-state index in [1.807, 2.05) is 14.1 Å². The van der Waals surface area contributed by atoms with Crippen molar-refractivity contribution in [3.63, 3.8) is 0 Å². The molecule has 1 aromatic carbocycles. The van der Waals surface area contributed by atoms with Gasteiger partial charge in [-0.15, -0.1) is 0 Å². The SMILES string of the molecule is CN1CCCN(C)C(C(O)Cc2cc(F)ccc2F)C1. The zero-order chi connectivity index (χ0) is 14.7. The van der Waals surface area contributed by atoms with Crippen LogP contribution in [0.3, 0.4) is 0 Å². The van der Waals surface area contributed by atoms with E-state index in [0.717, 1.165) is 38.2 Å². The molecule has 0 saturated carbocycles. The summed E-state index contributed by atoms with van der Waals surface area (Å²) in [6, 6.07) is 3.31. The van der Waals surface area contributed by atoms with E-state index in [4.69, 9.17) is 0 Å². The Hall–Kier alpha value is -1.04. The molecule has 2 atom stereocenters. The van der Waals surface area contributed by atoms with Crippen LogP contribution in [0, 0.1) is 11.6 Å². The van der Waals surface area contributed by atoms with Crippen molar-refractivity contribution >= 4 is 0 Å². The van der Waals surface area contributed by atoms with Gasteiger partial charge in [-0.25, -0.2) is 8.78 Å². The van der Waals surface area contributed by atoms with Gasteiger partial charge in [0.05, 0.1) is 6.10 Å². The van der Waals surface area contributed by atoms with Gasteiger partial charge in [0.15, 0.2) is 0 Å². The number of aliphatic hydroxyl groups is 1. The highest BCUT2D eigenvalue weighted by atomic mass is 19.1. The molecule has 1 fully saturated rings. The molecule has 1 aliphatic rings. The molecule has 0 bridgehead atoms. The fourth-order valence-electron chi connectivity index (χ4n) is 2.78. The lowest BCUT2D eigenvalue weighted by atomic mass is 10.0. The molecule has 1 aromatic rings. The van der Waals surface area contributed by atoms with Crippen LogP contribution in [0.5, 0.6) is 0 Å². The van der Waals surface area contributed by atoms with E-state index in [0.29, 0.717) is 0 Å². The van der Waals surface area contributed by atoms with Crippen LogP contribution < -0.4 is 0 Å². The van der Waals surface area contributed by atoms with Crippen LogP contribution in [-0.4, -0.2) is 60.8 Å². The molecule has 1 saturated heterocycles. The Morgan fingerprint density at radius 3 is 2.80 bits per heavy atom. The van der Waals surface area contributed by atoms with Crippen LogP contribution in [0.25, 0.3) is 0 Å². The zero-order valence-electron chi connectivity index (χ0n) is 12.0. The molecular weight excluding hydrogens is 262 g/mol. The number of hydrogen-bond acceptors (Lipinski definition) is 3. The maximum Gasteiger partial charge on any atom is 0.126 e. The summed E-state index contributed by atoms with van der Waals surface area (Å²) in [4.78, 5) is 4.27. The summed E-state index contributed by atoms with van der Waals surface area (Å²) < 4.78 is 26.8. The first-order valence-corrected chi connectivity index (χ1v) is 6.98. The quantitative estimate of drug-likeness (QED) is 0.911. The van der Waals surface area contributed by atoms with Gasteiger partial charge in [0.25, 0.3) is 0 Å². The third-order valence-electron chi connectivity index (χ3n) is 4.00. The highest BCUT2D eigenvalue weighted by molar-refractivity contribution is 5.20. The van der Waals surface area contributed by atoms with E-state index in [1.54, 1.807) is 0 Å². The Labute approximate surface area is 118 Å². The number of halogens is 2. The molecule has 0 aromatic heterocycles. The number of aliphatic hydroxyl groups excluding tert-OH is 1.